The first kappa shape index (κ1) is 19.5. The van der Waals surface area contributed by atoms with Gasteiger partial charge >= 0.3 is 0 Å². The molecule has 0 aromatic heterocycles. The fourth-order valence-corrected chi connectivity index (χ4v) is 4.17. The van der Waals surface area contributed by atoms with Gasteiger partial charge in [-0.25, -0.2) is 18.6 Å². The van der Waals surface area contributed by atoms with Crippen LogP contribution in [-0.2, 0) is 39.1 Å². The molecular formula is C20H24N2O4S. The van der Waals surface area contributed by atoms with Crippen LogP contribution in [0.4, 0.5) is 0 Å². The lowest BCUT2D eigenvalue weighted by Crippen LogP contribution is -2.31. The highest BCUT2D eigenvalue weighted by Gasteiger charge is 2.17. The summed E-state index contributed by atoms with van der Waals surface area (Å²) < 4.78 is 27.3. The van der Waals surface area contributed by atoms with Crippen molar-refractivity contribution in [1.82, 2.24) is 10.2 Å². The third-order valence-corrected chi connectivity index (χ3v) is 6.00. The van der Waals surface area contributed by atoms with E-state index >= 15 is 0 Å². The molecule has 0 saturated heterocycles. The molecule has 1 amide bonds. The van der Waals surface area contributed by atoms with Gasteiger partial charge in [0.2, 0.25) is 15.9 Å². The zero-order chi connectivity index (χ0) is 19.1. The molecule has 0 radical (unpaired) electrons. The topological polar surface area (TPSA) is 84.5 Å². The second-order valence-electron chi connectivity index (χ2n) is 6.58. The minimum absolute atomic E-state index is 0.00103. The predicted octanol–water partition coefficient (Wildman–Crippen LogP) is 2.48. The molecule has 144 valence electrons. The molecule has 0 aliphatic heterocycles. The summed E-state index contributed by atoms with van der Waals surface area (Å²) in [5.74, 6) is -0.376. The van der Waals surface area contributed by atoms with Gasteiger partial charge in [0.15, 0.2) is 0 Å². The lowest BCUT2D eigenvalue weighted by molar-refractivity contribution is -0.134. The van der Waals surface area contributed by atoms with Gasteiger partial charge in [0.1, 0.15) is 0 Å². The molecule has 3 rings (SSSR count). The number of carbonyl (C=O) groups excluding carboxylic acids is 1. The van der Waals surface area contributed by atoms with Crippen molar-refractivity contribution in [1.29, 1.82) is 0 Å². The Morgan fingerprint density at radius 2 is 1.74 bits per heavy atom. The Morgan fingerprint density at radius 1 is 1.00 bits per heavy atom. The molecule has 0 saturated carbocycles. The standard InChI is InChI=1S/C20H24N2O4S/c23-20(22-26-15-16-6-2-1-3-7-16)12-13-21-27(24,25)19-11-10-17-8-4-5-9-18(17)14-19/h1-3,6-7,10-11,14,21H,4-5,8-9,12-13,15H2,(H,22,23). The second-order valence-corrected chi connectivity index (χ2v) is 8.35. The van der Waals surface area contributed by atoms with Crippen LogP contribution >= 0.6 is 0 Å². The molecule has 2 aromatic rings. The van der Waals surface area contributed by atoms with Crippen LogP contribution in [0.25, 0.3) is 0 Å². The lowest BCUT2D eigenvalue weighted by atomic mass is 9.92. The molecule has 1 aliphatic carbocycles. The van der Waals surface area contributed by atoms with E-state index in [9.17, 15) is 13.2 Å². The van der Waals surface area contributed by atoms with Crippen molar-refractivity contribution < 1.29 is 18.0 Å². The van der Waals surface area contributed by atoms with Gasteiger partial charge in [0, 0.05) is 13.0 Å². The van der Waals surface area contributed by atoms with Crippen LogP contribution in [-0.4, -0.2) is 20.9 Å². The van der Waals surface area contributed by atoms with E-state index in [1.54, 1.807) is 12.1 Å². The maximum absolute atomic E-state index is 12.4. The highest BCUT2D eigenvalue weighted by atomic mass is 32.2. The normalized spacial score (nSPS) is 13.8. The number of sulfonamides is 1. The Balaban J connectivity index is 1.44. The van der Waals surface area contributed by atoms with Crippen molar-refractivity contribution in [3.8, 4) is 0 Å². The number of fused-ring (bicyclic) bond motifs is 1. The summed E-state index contributed by atoms with van der Waals surface area (Å²) in [5, 5.41) is 0. The van der Waals surface area contributed by atoms with Crippen LogP contribution < -0.4 is 10.2 Å². The van der Waals surface area contributed by atoms with Gasteiger partial charge in [-0.05, 0) is 54.5 Å². The molecule has 0 spiro atoms. The van der Waals surface area contributed by atoms with Crippen LogP contribution in [0.15, 0.2) is 53.4 Å². The number of rotatable bonds is 8. The third kappa shape index (κ3) is 5.63. The molecule has 0 unspecified atom stereocenters. The largest absolute Gasteiger partial charge is 0.273 e. The Bertz CT molecular complexity index is 882. The van der Waals surface area contributed by atoms with Gasteiger partial charge in [-0.2, -0.15) is 0 Å². The molecule has 27 heavy (non-hydrogen) atoms. The molecular weight excluding hydrogens is 364 g/mol. The number of hydroxylamine groups is 1. The monoisotopic (exact) mass is 388 g/mol. The van der Waals surface area contributed by atoms with Gasteiger partial charge in [-0.1, -0.05) is 36.4 Å². The fraction of sp³-hybridized carbons (Fsp3) is 0.350. The summed E-state index contributed by atoms with van der Waals surface area (Å²) in [5.41, 5.74) is 5.60. The minimum atomic E-state index is -3.62. The number of carbonyl (C=O) groups is 1. The van der Waals surface area contributed by atoms with Crippen LogP contribution in [0.2, 0.25) is 0 Å². The van der Waals surface area contributed by atoms with Gasteiger partial charge < -0.3 is 0 Å². The Hall–Kier alpha value is -2.22. The maximum Gasteiger partial charge on any atom is 0.244 e. The molecule has 2 aromatic carbocycles. The maximum atomic E-state index is 12.4. The highest BCUT2D eigenvalue weighted by molar-refractivity contribution is 7.89. The average molecular weight is 388 g/mol. The number of hydrogen-bond acceptors (Lipinski definition) is 4. The predicted molar refractivity (Wildman–Crippen MR) is 102 cm³/mol. The zero-order valence-corrected chi connectivity index (χ0v) is 15.9. The highest BCUT2D eigenvalue weighted by Crippen LogP contribution is 2.23. The SMILES string of the molecule is O=C(CCNS(=O)(=O)c1ccc2c(c1)CCCC2)NOCc1ccccc1. The summed E-state index contributed by atoms with van der Waals surface area (Å²) in [7, 11) is -3.62. The molecule has 0 atom stereocenters. The van der Waals surface area contributed by atoms with Crippen molar-refractivity contribution in [2.24, 2.45) is 0 Å². The molecule has 0 heterocycles. The van der Waals surface area contributed by atoms with Crippen molar-refractivity contribution in [3.63, 3.8) is 0 Å². The van der Waals surface area contributed by atoms with E-state index < -0.39 is 10.0 Å². The molecule has 2 N–H and O–H groups in total. The van der Waals surface area contributed by atoms with E-state index in [1.807, 2.05) is 36.4 Å². The van der Waals surface area contributed by atoms with Gasteiger partial charge in [0.25, 0.3) is 0 Å². The summed E-state index contributed by atoms with van der Waals surface area (Å²) in [6.07, 6.45) is 4.16. The first-order chi connectivity index (χ1) is 13.0. The van der Waals surface area contributed by atoms with E-state index in [4.69, 9.17) is 4.84 Å². The van der Waals surface area contributed by atoms with Crippen molar-refractivity contribution in [3.05, 3.63) is 65.2 Å². The van der Waals surface area contributed by atoms with E-state index in [0.29, 0.717) is 0 Å². The van der Waals surface area contributed by atoms with Crippen LogP contribution in [0.5, 0.6) is 0 Å². The van der Waals surface area contributed by atoms with Crippen molar-refractivity contribution >= 4 is 15.9 Å². The smallest absolute Gasteiger partial charge is 0.244 e. The minimum Gasteiger partial charge on any atom is -0.273 e. The number of benzene rings is 2. The number of nitrogens with one attached hydrogen (secondary N) is 2. The molecule has 0 bridgehead atoms. The Labute approximate surface area is 159 Å². The van der Waals surface area contributed by atoms with Crippen LogP contribution in [0, 0.1) is 0 Å². The van der Waals surface area contributed by atoms with Gasteiger partial charge in [-0.15, -0.1) is 0 Å². The Kier molecular flexibility index (Phi) is 6.60. The molecule has 1 aliphatic rings. The number of aryl methyl sites for hydroxylation is 2. The van der Waals surface area contributed by atoms with Crippen LogP contribution in [0.3, 0.4) is 0 Å². The van der Waals surface area contributed by atoms with Gasteiger partial charge in [0.05, 0.1) is 11.5 Å². The molecule has 0 fully saturated rings. The van der Waals surface area contributed by atoms with E-state index in [-0.39, 0.29) is 30.4 Å². The van der Waals surface area contributed by atoms with E-state index in [0.717, 1.165) is 36.8 Å². The third-order valence-electron chi connectivity index (χ3n) is 4.54. The van der Waals surface area contributed by atoms with Gasteiger partial charge in [-0.3, -0.25) is 9.63 Å². The second kappa shape index (κ2) is 9.12. The van der Waals surface area contributed by atoms with Crippen LogP contribution in [0.1, 0.15) is 36.0 Å². The fourth-order valence-electron chi connectivity index (χ4n) is 3.08. The summed E-state index contributed by atoms with van der Waals surface area (Å²) in [6.45, 7) is 0.271. The van der Waals surface area contributed by atoms with Crippen molar-refractivity contribution in [2.75, 3.05) is 6.54 Å². The molecule has 6 nitrogen and oxygen atoms in total. The first-order valence-electron chi connectivity index (χ1n) is 9.10. The number of hydrogen-bond donors (Lipinski definition) is 2. The zero-order valence-electron chi connectivity index (χ0n) is 15.1. The average Bonchev–Trinajstić information content (AvgIpc) is 2.68. The summed E-state index contributed by atoms with van der Waals surface area (Å²) >= 11 is 0. The Morgan fingerprint density at radius 3 is 2.52 bits per heavy atom. The quantitative estimate of drug-likeness (QED) is 0.681. The van der Waals surface area contributed by atoms with Crippen molar-refractivity contribution in [2.45, 2.75) is 43.6 Å². The summed E-state index contributed by atoms with van der Waals surface area (Å²) in [6, 6.07) is 14.7. The number of amides is 1. The summed E-state index contributed by atoms with van der Waals surface area (Å²) in [4.78, 5) is 17.2. The lowest BCUT2D eigenvalue weighted by Gasteiger charge is -2.16. The first-order valence-corrected chi connectivity index (χ1v) is 10.6. The molecule has 7 heteroatoms. The van der Waals surface area contributed by atoms with E-state index in [2.05, 4.69) is 10.2 Å². The van der Waals surface area contributed by atoms with E-state index in [1.165, 1.54) is 5.56 Å².